The van der Waals surface area contributed by atoms with Crippen LogP contribution in [-0.2, 0) is 33.2 Å². The normalized spacial score (nSPS) is 26.1. The molecule has 0 aromatic heterocycles. The number of amides is 1. The second-order valence-electron chi connectivity index (χ2n) is 31.0. The van der Waals surface area contributed by atoms with Crippen molar-refractivity contribution < 1.29 is 89.4 Å². The van der Waals surface area contributed by atoms with Crippen molar-refractivity contribution in [3.8, 4) is 0 Å². The Kier molecular flexibility index (Phi) is 60.3. The topological polar surface area (TPSA) is 307 Å². The molecule has 19 nitrogen and oxygen atoms in total. The molecule has 1 amide bonds. The molecule has 3 fully saturated rings. The third kappa shape index (κ3) is 44.6. The summed E-state index contributed by atoms with van der Waals surface area (Å²) in [5.41, 5.74) is 0. The first-order valence-electron chi connectivity index (χ1n) is 43.1. The molecule has 3 aliphatic heterocycles. The van der Waals surface area contributed by atoms with E-state index in [1.165, 1.54) is 302 Å². The molecule has 17 unspecified atom stereocenters. The number of aliphatic hydroxyl groups is 11. The van der Waals surface area contributed by atoms with E-state index in [0.29, 0.717) is 12.8 Å². The SMILES string of the molecule is CCCCCCCCCCCCCCCCCCCCC/C=C/CC/C=C/C(O)C(COC1OC(CO)C(OC2OC(CO)C(OC3OC(CO)C(O)C(O)C3O)C(O)C2O)C(O)C1O)NC(=O)CCCCCCCCCCCCCCCCCCCCCCCCCCCCCCCCCCC. The Morgan fingerprint density at radius 1 is 0.340 bits per heavy atom. The van der Waals surface area contributed by atoms with E-state index in [4.69, 9.17) is 28.4 Å². The average molecular weight is 1470 g/mol. The molecule has 3 heterocycles. The van der Waals surface area contributed by atoms with Gasteiger partial charge in [0.25, 0.3) is 0 Å². The third-order valence-electron chi connectivity index (χ3n) is 21.8. The Morgan fingerprint density at radius 3 is 0.971 bits per heavy atom. The second-order valence-corrected chi connectivity index (χ2v) is 31.0. The van der Waals surface area contributed by atoms with E-state index in [1.807, 2.05) is 6.08 Å². The van der Waals surface area contributed by atoms with Gasteiger partial charge < -0.3 is 89.9 Å². The Morgan fingerprint density at radius 2 is 0.621 bits per heavy atom. The Labute approximate surface area is 626 Å². The van der Waals surface area contributed by atoms with E-state index >= 15 is 0 Å². The number of carbonyl (C=O) groups is 1. The van der Waals surface area contributed by atoms with Crippen molar-refractivity contribution in [3.63, 3.8) is 0 Å². The van der Waals surface area contributed by atoms with Gasteiger partial charge in [-0.15, -0.1) is 0 Å². The minimum Gasteiger partial charge on any atom is -0.394 e. The Balaban J connectivity index is 1.35. The van der Waals surface area contributed by atoms with Crippen LogP contribution in [0.5, 0.6) is 0 Å². The molecule has 0 aliphatic carbocycles. The Bertz CT molecular complexity index is 1950. The minimum absolute atomic E-state index is 0.241. The molecule has 12 N–H and O–H groups in total. The maximum atomic E-state index is 13.5. The molecular formula is C84H159NO18. The van der Waals surface area contributed by atoms with Gasteiger partial charge >= 0.3 is 0 Å². The van der Waals surface area contributed by atoms with Gasteiger partial charge in [-0.3, -0.25) is 4.79 Å². The number of hydrogen-bond donors (Lipinski definition) is 12. The zero-order valence-electron chi connectivity index (χ0n) is 65.3. The molecule has 0 saturated carbocycles. The van der Waals surface area contributed by atoms with E-state index in [1.54, 1.807) is 6.08 Å². The highest BCUT2D eigenvalue weighted by Crippen LogP contribution is 2.33. The fraction of sp³-hybridized carbons (Fsp3) is 0.940. The smallest absolute Gasteiger partial charge is 0.220 e. The first kappa shape index (κ1) is 95.5. The quantitative estimate of drug-likeness (QED) is 0.0199. The van der Waals surface area contributed by atoms with Crippen LogP contribution in [0.15, 0.2) is 24.3 Å². The summed E-state index contributed by atoms with van der Waals surface area (Å²) in [5.74, 6) is -0.276. The zero-order chi connectivity index (χ0) is 74.6. The van der Waals surface area contributed by atoms with Crippen LogP contribution in [0.25, 0.3) is 0 Å². The second kappa shape index (κ2) is 65.0. The van der Waals surface area contributed by atoms with Gasteiger partial charge in [0.1, 0.15) is 73.2 Å². The van der Waals surface area contributed by atoms with Crippen LogP contribution >= 0.6 is 0 Å². The summed E-state index contributed by atoms with van der Waals surface area (Å²) in [7, 11) is 0. The van der Waals surface area contributed by atoms with E-state index in [0.717, 1.165) is 38.5 Å². The predicted octanol–water partition coefficient (Wildman–Crippen LogP) is 15.3. The van der Waals surface area contributed by atoms with Crippen LogP contribution in [-0.4, -0.2) is 193 Å². The summed E-state index contributed by atoms with van der Waals surface area (Å²) in [4.78, 5) is 13.5. The molecule has 608 valence electrons. The molecule has 3 rings (SSSR count). The molecule has 0 aromatic carbocycles. The van der Waals surface area contributed by atoms with Crippen LogP contribution in [0.4, 0.5) is 0 Å². The summed E-state index contributed by atoms with van der Waals surface area (Å²) in [6.45, 7) is 1.79. The van der Waals surface area contributed by atoms with Crippen molar-refractivity contribution in [1.29, 1.82) is 0 Å². The van der Waals surface area contributed by atoms with Crippen molar-refractivity contribution in [2.24, 2.45) is 0 Å². The lowest BCUT2D eigenvalue weighted by Crippen LogP contribution is -2.66. The lowest BCUT2D eigenvalue weighted by Gasteiger charge is -2.48. The fourth-order valence-corrected chi connectivity index (χ4v) is 14.9. The molecule has 0 aromatic rings. The van der Waals surface area contributed by atoms with Crippen LogP contribution in [0.1, 0.15) is 373 Å². The maximum absolute atomic E-state index is 13.5. The van der Waals surface area contributed by atoms with Gasteiger partial charge in [-0.1, -0.05) is 359 Å². The fourth-order valence-electron chi connectivity index (χ4n) is 14.9. The largest absolute Gasteiger partial charge is 0.394 e. The third-order valence-corrected chi connectivity index (χ3v) is 21.8. The summed E-state index contributed by atoms with van der Waals surface area (Å²) >= 11 is 0. The summed E-state index contributed by atoms with van der Waals surface area (Å²) < 4.78 is 34.5. The average Bonchev–Trinajstić information content (AvgIpc) is 0.781. The van der Waals surface area contributed by atoms with Crippen molar-refractivity contribution in [2.45, 2.75) is 478 Å². The molecule has 3 saturated heterocycles. The summed E-state index contributed by atoms with van der Waals surface area (Å²) in [6.07, 6.45) is 53.3. The van der Waals surface area contributed by atoms with Crippen molar-refractivity contribution in [3.05, 3.63) is 24.3 Å². The molecule has 0 bridgehead atoms. The van der Waals surface area contributed by atoms with Gasteiger partial charge in [-0.2, -0.15) is 0 Å². The lowest BCUT2D eigenvalue weighted by atomic mass is 9.96. The maximum Gasteiger partial charge on any atom is 0.220 e. The minimum atomic E-state index is -1.98. The first-order valence-corrected chi connectivity index (χ1v) is 43.1. The number of allylic oxidation sites excluding steroid dienone is 3. The standard InChI is InChI=1S/C84H159NO18/c1-3-5-7-9-11-13-15-17-19-21-23-25-27-29-30-31-32-33-34-35-36-38-40-42-44-46-48-50-52-54-56-58-60-62-72(90)85-67(68(89)61-59-57-55-53-51-49-47-45-43-41-39-37-28-26-24-22-20-18-16-14-12-10-8-6-4-2)66-98-82-78(96)75(93)80(70(64-87)100-82)103-84-79(97)76(94)81(71(65-88)101-84)102-83-77(95)74(92)73(91)69(63-86)99-83/h51,53,59,61,67-71,73-84,86-89,91-97H,3-50,52,54-58,60,62-66H2,1-2H3,(H,85,90)/b53-51+,61-59+. The number of rotatable bonds is 70. The van der Waals surface area contributed by atoms with Gasteiger partial charge in [0.2, 0.25) is 5.91 Å². The molecule has 3 aliphatic rings. The summed E-state index contributed by atoms with van der Waals surface area (Å²) in [5, 5.41) is 121. The Hall–Kier alpha value is -1.73. The van der Waals surface area contributed by atoms with Crippen molar-refractivity contribution in [1.82, 2.24) is 5.32 Å². The number of unbranched alkanes of at least 4 members (excludes halogenated alkanes) is 52. The highest BCUT2D eigenvalue weighted by molar-refractivity contribution is 5.76. The van der Waals surface area contributed by atoms with Crippen molar-refractivity contribution in [2.75, 3.05) is 26.4 Å². The van der Waals surface area contributed by atoms with Crippen LogP contribution < -0.4 is 5.32 Å². The van der Waals surface area contributed by atoms with Gasteiger partial charge in [-0.05, 0) is 32.1 Å². The van der Waals surface area contributed by atoms with Crippen LogP contribution in [0.3, 0.4) is 0 Å². The summed E-state index contributed by atoms with van der Waals surface area (Å²) in [6, 6.07) is -0.989. The zero-order valence-corrected chi connectivity index (χ0v) is 65.3. The van der Waals surface area contributed by atoms with Gasteiger partial charge in [-0.25, -0.2) is 0 Å². The van der Waals surface area contributed by atoms with Crippen LogP contribution in [0.2, 0.25) is 0 Å². The number of carbonyl (C=O) groups excluding carboxylic acids is 1. The van der Waals surface area contributed by atoms with Crippen LogP contribution in [0, 0.1) is 0 Å². The van der Waals surface area contributed by atoms with Crippen molar-refractivity contribution >= 4 is 5.91 Å². The number of nitrogens with one attached hydrogen (secondary N) is 1. The van der Waals surface area contributed by atoms with E-state index < -0.39 is 124 Å². The van der Waals surface area contributed by atoms with E-state index in [-0.39, 0.29) is 18.9 Å². The van der Waals surface area contributed by atoms with Gasteiger partial charge in [0.15, 0.2) is 18.9 Å². The highest BCUT2D eigenvalue weighted by atomic mass is 16.8. The molecular weight excluding hydrogens is 1310 g/mol. The molecule has 0 spiro atoms. The molecule has 19 heteroatoms. The predicted molar refractivity (Wildman–Crippen MR) is 411 cm³/mol. The first-order chi connectivity index (χ1) is 50.3. The molecule has 17 atom stereocenters. The monoisotopic (exact) mass is 1470 g/mol. The molecule has 0 radical (unpaired) electrons. The van der Waals surface area contributed by atoms with Gasteiger partial charge in [0.05, 0.1) is 38.6 Å². The lowest BCUT2D eigenvalue weighted by molar-refractivity contribution is -0.379. The van der Waals surface area contributed by atoms with Gasteiger partial charge in [0, 0.05) is 6.42 Å². The number of aliphatic hydroxyl groups excluding tert-OH is 11. The highest BCUT2D eigenvalue weighted by Gasteiger charge is 2.54. The van der Waals surface area contributed by atoms with E-state index in [9.17, 15) is 61.0 Å². The number of hydrogen-bond acceptors (Lipinski definition) is 18. The van der Waals surface area contributed by atoms with E-state index in [2.05, 4.69) is 31.3 Å². The molecule has 103 heavy (non-hydrogen) atoms. The number of ether oxygens (including phenoxy) is 6.